The fourth-order valence-electron chi connectivity index (χ4n) is 2.03. The standard InChI is InChI=1S/C17H17O5P/c18-14(11-12-17(19)20)13-22-23(21,15-7-3-1-4-8-15)16-9-5-2-6-10-16/h1-10H,11-13H2,(H,19,20). The normalized spacial score (nSPS) is 11.1. The van der Waals surface area contributed by atoms with Gasteiger partial charge in [0.1, 0.15) is 6.61 Å². The molecule has 0 radical (unpaired) electrons. The maximum Gasteiger partial charge on any atom is 0.303 e. The summed E-state index contributed by atoms with van der Waals surface area (Å²) in [5.41, 5.74) is 0. The number of hydrogen-bond acceptors (Lipinski definition) is 4. The largest absolute Gasteiger partial charge is 0.481 e. The Hall–Kier alpha value is -2.23. The Bertz CT molecular complexity index is 669. The van der Waals surface area contributed by atoms with E-state index in [9.17, 15) is 14.2 Å². The molecular weight excluding hydrogens is 315 g/mol. The zero-order valence-electron chi connectivity index (χ0n) is 12.4. The fourth-order valence-corrected chi connectivity index (χ4v) is 4.08. The molecule has 0 atom stereocenters. The van der Waals surface area contributed by atoms with Crippen LogP contribution in [-0.4, -0.2) is 23.5 Å². The fraction of sp³-hybridized carbons (Fsp3) is 0.176. The number of rotatable bonds is 8. The van der Waals surface area contributed by atoms with Crippen LogP contribution in [0, 0.1) is 0 Å². The second kappa shape index (κ2) is 7.86. The Morgan fingerprint density at radius 2 is 1.35 bits per heavy atom. The molecule has 0 amide bonds. The van der Waals surface area contributed by atoms with Crippen LogP contribution in [0.15, 0.2) is 60.7 Å². The molecule has 0 aliphatic rings. The van der Waals surface area contributed by atoms with Crippen LogP contribution < -0.4 is 10.6 Å². The summed E-state index contributed by atoms with van der Waals surface area (Å²) in [6, 6.07) is 17.4. The molecule has 0 aromatic heterocycles. The third-order valence-electron chi connectivity index (χ3n) is 3.22. The highest BCUT2D eigenvalue weighted by Crippen LogP contribution is 2.44. The van der Waals surface area contributed by atoms with Crippen molar-refractivity contribution in [3.63, 3.8) is 0 Å². The molecule has 6 heteroatoms. The zero-order valence-corrected chi connectivity index (χ0v) is 13.3. The first-order valence-corrected chi connectivity index (χ1v) is 8.74. The lowest BCUT2D eigenvalue weighted by atomic mass is 10.2. The van der Waals surface area contributed by atoms with Gasteiger partial charge in [0.2, 0.25) is 0 Å². The van der Waals surface area contributed by atoms with Crippen LogP contribution in [0.2, 0.25) is 0 Å². The summed E-state index contributed by atoms with van der Waals surface area (Å²) in [6.45, 7) is -0.381. The van der Waals surface area contributed by atoms with E-state index in [1.807, 2.05) is 0 Å². The molecule has 0 bridgehead atoms. The average molecular weight is 332 g/mol. The van der Waals surface area contributed by atoms with Crippen molar-refractivity contribution < 1.29 is 23.8 Å². The smallest absolute Gasteiger partial charge is 0.303 e. The monoisotopic (exact) mass is 332 g/mol. The quantitative estimate of drug-likeness (QED) is 0.751. The highest BCUT2D eigenvalue weighted by atomic mass is 31.2. The van der Waals surface area contributed by atoms with E-state index in [0.29, 0.717) is 10.6 Å². The van der Waals surface area contributed by atoms with Gasteiger partial charge in [-0.1, -0.05) is 36.4 Å². The first-order valence-electron chi connectivity index (χ1n) is 7.11. The minimum Gasteiger partial charge on any atom is -0.481 e. The Morgan fingerprint density at radius 3 is 1.78 bits per heavy atom. The molecule has 120 valence electrons. The van der Waals surface area contributed by atoms with Crippen molar-refractivity contribution in [2.75, 3.05) is 6.61 Å². The molecule has 5 nitrogen and oxygen atoms in total. The summed E-state index contributed by atoms with van der Waals surface area (Å²) < 4.78 is 18.9. The Morgan fingerprint density at radius 1 is 0.870 bits per heavy atom. The molecule has 2 aromatic rings. The van der Waals surface area contributed by atoms with E-state index in [0.717, 1.165) is 0 Å². The second-order valence-electron chi connectivity index (χ2n) is 4.93. The van der Waals surface area contributed by atoms with Crippen LogP contribution >= 0.6 is 7.37 Å². The van der Waals surface area contributed by atoms with E-state index in [4.69, 9.17) is 9.63 Å². The highest BCUT2D eigenvalue weighted by molar-refractivity contribution is 7.74. The van der Waals surface area contributed by atoms with Crippen LogP contribution in [0.4, 0.5) is 0 Å². The number of carbonyl (C=O) groups excluding carboxylic acids is 1. The van der Waals surface area contributed by atoms with E-state index in [1.165, 1.54) is 0 Å². The zero-order chi connectivity index (χ0) is 16.7. The maximum absolute atomic E-state index is 13.4. The van der Waals surface area contributed by atoms with E-state index in [1.54, 1.807) is 60.7 Å². The SMILES string of the molecule is O=C(O)CCC(=O)COP(=O)(c1ccccc1)c1ccccc1. The van der Waals surface area contributed by atoms with Gasteiger partial charge in [0, 0.05) is 17.0 Å². The summed E-state index contributed by atoms with van der Waals surface area (Å²) in [7, 11) is -3.39. The molecular formula is C17H17O5P. The van der Waals surface area contributed by atoms with E-state index < -0.39 is 13.3 Å². The van der Waals surface area contributed by atoms with Crippen molar-refractivity contribution >= 4 is 29.7 Å². The molecule has 0 heterocycles. The third-order valence-corrected chi connectivity index (χ3v) is 5.67. The lowest BCUT2D eigenvalue weighted by Crippen LogP contribution is -2.21. The summed E-state index contributed by atoms with van der Waals surface area (Å²) >= 11 is 0. The van der Waals surface area contributed by atoms with Gasteiger partial charge in [0.15, 0.2) is 5.78 Å². The van der Waals surface area contributed by atoms with E-state index in [-0.39, 0.29) is 25.2 Å². The number of hydrogen-bond donors (Lipinski definition) is 1. The van der Waals surface area contributed by atoms with Gasteiger partial charge in [0.25, 0.3) is 7.37 Å². The van der Waals surface area contributed by atoms with E-state index in [2.05, 4.69) is 0 Å². The van der Waals surface area contributed by atoms with Crippen LogP contribution in [0.3, 0.4) is 0 Å². The molecule has 2 aromatic carbocycles. The summed E-state index contributed by atoms with van der Waals surface area (Å²) in [4.78, 5) is 22.2. The molecule has 0 saturated heterocycles. The van der Waals surface area contributed by atoms with Gasteiger partial charge in [-0.25, -0.2) is 0 Å². The number of ketones is 1. The molecule has 0 saturated carbocycles. The number of carboxylic acid groups (broad SMARTS) is 1. The van der Waals surface area contributed by atoms with Crippen molar-refractivity contribution in [1.82, 2.24) is 0 Å². The molecule has 1 N–H and O–H groups in total. The molecule has 2 rings (SSSR count). The van der Waals surface area contributed by atoms with Crippen LogP contribution in [0.5, 0.6) is 0 Å². The maximum atomic E-state index is 13.4. The summed E-state index contributed by atoms with van der Waals surface area (Å²) in [5, 5.41) is 9.59. The van der Waals surface area contributed by atoms with Gasteiger partial charge in [0.05, 0.1) is 6.42 Å². The van der Waals surface area contributed by atoms with Crippen LogP contribution in [0.25, 0.3) is 0 Å². The predicted octanol–water partition coefficient (Wildman–Crippen LogP) is 2.37. The number of benzene rings is 2. The number of aliphatic carboxylic acids is 1. The lowest BCUT2D eigenvalue weighted by molar-refractivity contribution is -0.138. The predicted molar refractivity (Wildman–Crippen MR) is 87.6 cm³/mol. The van der Waals surface area contributed by atoms with Crippen molar-refractivity contribution in [3.05, 3.63) is 60.7 Å². The van der Waals surface area contributed by atoms with Gasteiger partial charge in [-0.3, -0.25) is 14.2 Å². The molecule has 0 aliphatic heterocycles. The van der Waals surface area contributed by atoms with Gasteiger partial charge >= 0.3 is 5.97 Å². The summed E-state index contributed by atoms with van der Waals surface area (Å²) in [5.74, 6) is -1.44. The summed E-state index contributed by atoms with van der Waals surface area (Å²) in [6.07, 6.45) is -0.401. The molecule has 23 heavy (non-hydrogen) atoms. The second-order valence-corrected chi connectivity index (χ2v) is 7.32. The van der Waals surface area contributed by atoms with Crippen molar-refractivity contribution in [2.24, 2.45) is 0 Å². The number of carboxylic acids is 1. The number of Topliss-reactive ketones (excluding diaryl/α,β-unsaturated/α-hetero) is 1. The third kappa shape index (κ3) is 4.62. The van der Waals surface area contributed by atoms with Gasteiger partial charge < -0.3 is 9.63 Å². The Balaban J connectivity index is 2.21. The molecule has 0 spiro atoms. The van der Waals surface area contributed by atoms with Crippen molar-refractivity contribution in [2.45, 2.75) is 12.8 Å². The van der Waals surface area contributed by atoms with Crippen molar-refractivity contribution in [3.8, 4) is 0 Å². The van der Waals surface area contributed by atoms with Crippen LogP contribution in [-0.2, 0) is 18.7 Å². The Kier molecular flexibility index (Phi) is 5.85. The van der Waals surface area contributed by atoms with Gasteiger partial charge in [-0.05, 0) is 24.3 Å². The number of carbonyl (C=O) groups is 2. The molecule has 0 unspecified atom stereocenters. The van der Waals surface area contributed by atoms with Gasteiger partial charge in [-0.2, -0.15) is 0 Å². The minimum atomic E-state index is -3.39. The van der Waals surface area contributed by atoms with Crippen LogP contribution in [0.1, 0.15) is 12.8 Å². The van der Waals surface area contributed by atoms with Crippen molar-refractivity contribution in [1.29, 1.82) is 0 Å². The average Bonchev–Trinajstić information content (AvgIpc) is 2.59. The minimum absolute atomic E-state index is 0.140. The first kappa shape index (κ1) is 17.1. The molecule has 0 fully saturated rings. The van der Waals surface area contributed by atoms with E-state index >= 15 is 0 Å². The molecule has 0 aliphatic carbocycles. The topological polar surface area (TPSA) is 80.7 Å². The van der Waals surface area contributed by atoms with Gasteiger partial charge in [-0.15, -0.1) is 0 Å². The highest BCUT2D eigenvalue weighted by Gasteiger charge is 2.29. The first-order chi connectivity index (χ1) is 11.0. The lowest BCUT2D eigenvalue weighted by Gasteiger charge is -2.19. The Labute approximate surface area is 134 Å².